The van der Waals surface area contributed by atoms with Crippen LogP contribution >= 0.6 is 0 Å². The summed E-state index contributed by atoms with van der Waals surface area (Å²) in [6.45, 7) is 0.378. The Morgan fingerprint density at radius 3 is 2.39 bits per heavy atom. The zero-order valence-electron chi connectivity index (χ0n) is 23.9. The predicted octanol–water partition coefficient (Wildman–Crippen LogP) is 4.88. The van der Waals surface area contributed by atoms with Crippen molar-refractivity contribution in [3.05, 3.63) is 112 Å². The van der Waals surface area contributed by atoms with E-state index >= 15 is 0 Å². The molecule has 12 heteroatoms. The van der Waals surface area contributed by atoms with Gasteiger partial charge in [-0.3, -0.25) is 24.7 Å². The highest BCUT2D eigenvalue weighted by molar-refractivity contribution is 6.03. The number of hydrogen-bond acceptors (Lipinski definition) is 8. The number of nitro benzene ring substituents is 1. The molecule has 3 aromatic carbocycles. The molecule has 1 atom stereocenters. The molecule has 0 radical (unpaired) electrons. The van der Waals surface area contributed by atoms with Gasteiger partial charge in [0, 0.05) is 30.3 Å². The zero-order valence-corrected chi connectivity index (χ0v) is 23.9. The summed E-state index contributed by atoms with van der Waals surface area (Å²) >= 11 is 0. The summed E-state index contributed by atoms with van der Waals surface area (Å²) < 4.78 is 10.7. The Bertz CT molecular complexity index is 1560. The predicted molar refractivity (Wildman–Crippen MR) is 164 cm³/mol. The lowest BCUT2D eigenvalue weighted by Crippen LogP contribution is -2.44. The summed E-state index contributed by atoms with van der Waals surface area (Å²) in [7, 11) is 0. The molecule has 1 aromatic heterocycles. The van der Waals surface area contributed by atoms with E-state index in [0.717, 1.165) is 10.9 Å². The maximum atomic E-state index is 13.3. The average molecular weight is 600 g/mol. The van der Waals surface area contributed by atoms with Crippen LogP contribution in [0.25, 0.3) is 10.9 Å². The molecule has 3 amide bonds. The molecule has 0 aliphatic heterocycles. The number of unbranched alkanes of at least 4 members (excludes halogenated alkanes) is 1. The number of pyridine rings is 1. The Kier molecular flexibility index (Phi) is 11.7. The fourth-order valence-corrected chi connectivity index (χ4v) is 4.33. The lowest BCUT2D eigenvalue weighted by atomic mass is 10.1. The van der Waals surface area contributed by atoms with Crippen LogP contribution in [0.2, 0.25) is 0 Å². The average Bonchev–Trinajstić information content (AvgIpc) is 3.04. The highest BCUT2D eigenvalue weighted by Gasteiger charge is 2.22. The number of nitrogens with zero attached hydrogens (tertiary/aromatic N) is 2. The van der Waals surface area contributed by atoms with Crippen molar-refractivity contribution in [2.24, 2.45) is 0 Å². The smallest absolute Gasteiger partial charge is 0.408 e. The first-order valence-electron chi connectivity index (χ1n) is 14.1. The molecule has 1 unspecified atom stereocenters. The molecule has 3 N–H and O–H groups in total. The van der Waals surface area contributed by atoms with E-state index in [2.05, 4.69) is 20.9 Å². The highest BCUT2D eigenvalue weighted by atomic mass is 16.6. The third-order valence-corrected chi connectivity index (χ3v) is 6.60. The van der Waals surface area contributed by atoms with Crippen molar-refractivity contribution in [1.82, 2.24) is 15.6 Å². The van der Waals surface area contributed by atoms with Crippen LogP contribution in [0.3, 0.4) is 0 Å². The van der Waals surface area contributed by atoms with Crippen molar-refractivity contribution >= 4 is 40.2 Å². The van der Waals surface area contributed by atoms with E-state index in [1.807, 2.05) is 54.6 Å². The number of carbonyl (C=O) groups excluding carboxylic acids is 3. The van der Waals surface area contributed by atoms with Gasteiger partial charge in [-0.2, -0.15) is 0 Å². The molecule has 0 aliphatic rings. The molecule has 228 valence electrons. The number of carbonyl (C=O) groups is 3. The lowest BCUT2D eigenvalue weighted by molar-refractivity contribution is -0.384. The van der Waals surface area contributed by atoms with Crippen LogP contribution in [0.15, 0.2) is 91.1 Å². The molecular formula is C32H33N5O7. The number of anilines is 1. The Labute approximate surface area is 253 Å². The van der Waals surface area contributed by atoms with Crippen LogP contribution in [0.1, 0.15) is 30.4 Å². The number of rotatable bonds is 15. The summed E-state index contributed by atoms with van der Waals surface area (Å²) in [6.07, 6.45) is 2.30. The number of para-hydroxylation sites is 1. The topological polar surface area (TPSA) is 162 Å². The second-order valence-electron chi connectivity index (χ2n) is 9.89. The van der Waals surface area contributed by atoms with E-state index < -0.39 is 23.0 Å². The van der Waals surface area contributed by atoms with Crippen molar-refractivity contribution in [2.45, 2.75) is 38.5 Å². The largest absolute Gasteiger partial charge is 0.445 e. The van der Waals surface area contributed by atoms with Gasteiger partial charge in [0.25, 0.3) is 5.69 Å². The van der Waals surface area contributed by atoms with Gasteiger partial charge < -0.3 is 25.4 Å². The number of aromatic nitrogens is 1. The van der Waals surface area contributed by atoms with Gasteiger partial charge in [0.05, 0.1) is 22.7 Å². The van der Waals surface area contributed by atoms with Crippen LogP contribution in [0, 0.1) is 10.1 Å². The molecule has 4 rings (SSSR count). The van der Waals surface area contributed by atoms with E-state index in [0.29, 0.717) is 42.6 Å². The first kappa shape index (κ1) is 31.6. The van der Waals surface area contributed by atoms with E-state index in [-0.39, 0.29) is 31.4 Å². The third kappa shape index (κ3) is 9.88. The first-order chi connectivity index (χ1) is 21.4. The molecule has 44 heavy (non-hydrogen) atoms. The Morgan fingerprint density at radius 1 is 0.864 bits per heavy atom. The number of non-ortho nitro benzene ring substituents is 1. The van der Waals surface area contributed by atoms with Gasteiger partial charge >= 0.3 is 6.09 Å². The van der Waals surface area contributed by atoms with Gasteiger partial charge in [0.15, 0.2) is 0 Å². The molecule has 0 saturated heterocycles. The Morgan fingerprint density at radius 2 is 1.61 bits per heavy atom. The summed E-state index contributed by atoms with van der Waals surface area (Å²) in [5, 5.41) is 19.9. The van der Waals surface area contributed by atoms with Crippen LogP contribution in [-0.4, -0.2) is 47.0 Å². The molecule has 4 aromatic rings. The summed E-state index contributed by atoms with van der Waals surface area (Å²) in [5.74, 6) is -0.726. The van der Waals surface area contributed by atoms with E-state index in [1.165, 1.54) is 12.1 Å². The number of amides is 3. The molecule has 0 bridgehead atoms. The van der Waals surface area contributed by atoms with Gasteiger partial charge in [0.1, 0.15) is 19.3 Å². The molecule has 1 heterocycles. The number of nitrogens with one attached hydrogen (secondary N) is 3. The zero-order chi connectivity index (χ0) is 31.1. The Balaban J connectivity index is 1.24. The standard InChI is InChI=1S/C32H33N5O7/c38-29(22-43-20-24-14-16-26(17-15-24)37(41)42)33-18-5-4-12-28(36-32(40)44-21-23-8-2-1-3-9-23)31(39)35-27-13-6-10-25-11-7-19-34-30(25)27/h1-3,6-11,13-17,19,28H,4-5,12,18,20-22H2,(H,33,38)(H,35,39)(H,36,40). The van der Waals surface area contributed by atoms with E-state index in [9.17, 15) is 24.5 Å². The van der Waals surface area contributed by atoms with Crippen LogP contribution < -0.4 is 16.0 Å². The third-order valence-electron chi connectivity index (χ3n) is 6.60. The summed E-state index contributed by atoms with van der Waals surface area (Å²) in [4.78, 5) is 52.7. The molecule has 0 fully saturated rings. The maximum Gasteiger partial charge on any atom is 0.408 e. The molecular weight excluding hydrogens is 566 g/mol. The normalized spacial score (nSPS) is 11.4. The van der Waals surface area contributed by atoms with Crippen LogP contribution in [0.4, 0.5) is 16.2 Å². The summed E-state index contributed by atoms with van der Waals surface area (Å²) in [6, 6.07) is 23.4. The second-order valence-corrected chi connectivity index (χ2v) is 9.89. The number of nitro groups is 1. The minimum Gasteiger partial charge on any atom is -0.445 e. The fourth-order valence-electron chi connectivity index (χ4n) is 4.33. The van der Waals surface area contributed by atoms with Crippen molar-refractivity contribution in [3.63, 3.8) is 0 Å². The molecule has 0 spiro atoms. The molecule has 0 saturated carbocycles. The maximum absolute atomic E-state index is 13.3. The van der Waals surface area contributed by atoms with Gasteiger partial charge in [-0.25, -0.2) is 4.79 Å². The second kappa shape index (κ2) is 16.3. The Hall–Kier alpha value is -5.36. The number of ether oxygens (including phenoxy) is 2. The van der Waals surface area contributed by atoms with Gasteiger partial charge in [-0.1, -0.05) is 48.5 Å². The minimum absolute atomic E-state index is 0.0175. The van der Waals surface area contributed by atoms with Crippen molar-refractivity contribution in [1.29, 1.82) is 0 Å². The van der Waals surface area contributed by atoms with E-state index in [1.54, 1.807) is 24.4 Å². The number of alkyl carbamates (subject to hydrolysis) is 1. The highest BCUT2D eigenvalue weighted by Crippen LogP contribution is 2.21. The van der Waals surface area contributed by atoms with Gasteiger partial charge in [-0.15, -0.1) is 0 Å². The van der Waals surface area contributed by atoms with Crippen molar-refractivity contribution < 1.29 is 28.8 Å². The number of hydrogen-bond donors (Lipinski definition) is 3. The molecule has 0 aliphatic carbocycles. The van der Waals surface area contributed by atoms with Gasteiger partial charge in [-0.05, 0) is 54.7 Å². The number of benzene rings is 3. The fraction of sp³-hybridized carbons (Fsp3) is 0.250. The first-order valence-corrected chi connectivity index (χ1v) is 14.1. The minimum atomic E-state index is -0.891. The quantitative estimate of drug-likeness (QED) is 0.0989. The summed E-state index contributed by atoms with van der Waals surface area (Å²) in [5.41, 5.74) is 2.67. The van der Waals surface area contributed by atoms with Crippen LogP contribution in [-0.2, 0) is 32.3 Å². The van der Waals surface area contributed by atoms with Crippen molar-refractivity contribution in [3.8, 4) is 0 Å². The van der Waals surface area contributed by atoms with Gasteiger partial charge in [0.2, 0.25) is 11.8 Å². The molecule has 12 nitrogen and oxygen atoms in total. The lowest BCUT2D eigenvalue weighted by Gasteiger charge is -2.19. The van der Waals surface area contributed by atoms with Crippen LogP contribution in [0.5, 0.6) is 0 Å². The van der Waals surface area contributed by atoms with E-state index in [4.69, 9.17) is 9.47 Å². The van der Waals surface area contributed by atoms with Crippen molar-refractivity contribution in [2.75, 3.05) is 18.5 Å². The monoisotopic (exact) mass is 599 g/mol. The SMILES string of the molecule is O=C(COCc1ccc([N+](=O)[O-])cc1)NCCCCC(NC(=O)OCc1ccccc1)C(=O)Nc1cccc2cccnc12. The number of fused-ring (bicyclic) bond motifs is 1.